The van der Waals surface area contributed by atoms with E-state index in [1.807, 2.05) is 0 Å². The van der Waals surface area contributed by atoms with Crippen LogP contribution >= 0.6 is 0 Å². The maximum Gasteiger partial charge on any atom is 0.218 e. The summed E-state index contributed by atoms with van der Waals surface area (Å²) in [4.78, 5) is 0. The molecule has 1 fully saturated rings. The molecule has 1 aromatic carbocycles. The van der Waals surface area contributed by atoms with Crippen LogP contribution < -0.4 is 0 Å². The van der Waals surface area contributed by atoms with Crippen molar-refractivity contribution >= 4 is 10.0 Å². The number of halogens is 2. The highest BCUT2D eigenvalue weighted by Crippen LogP contribution is 2.27. The van der Waals surface area contributed by atoms with Crippen LogP contribution in [0.2, 0.25) is 0 Å². The Balaban J connectivity index is 2.25. The lowest BCUT2D eigenvalue weighted by Gasteiger charge is -2.23. The Hall–Kier alpha value is -1.09. The first kappa shape index (κ1) is 17.3. The van der Waals surface area contributed by atoms with Crippen LogP contribution in [0.15, 0.2) is 18.2 Å². The maximum atomic E-state index is 13.7. The second kappa shape index (κ2) is 6.99. The molecule has 1 heterocycles. The van der Waals surface area contributed by atoms with E-state index in [0.29, 0.717) is 6.42 Å². The van der Waals surface area contributed by atoms with Crippen LogP contribution in [0.5, 0.6) is 0 Å². The lowest BCUT2D eigenvalue weighted by Crippen LogP contribution is -2.39. The molecule has 0 aromatic heterocycles. The summed E-state index contributed by atoms with van der Waals surface area (Å²) < 4.78 is 63.9. The Morgan fingerprint density at radius 1 is 1.27 bits per heavy atom. The van der Waals surface area contributed by atoms with Gasteiger partial charge in [0.2, 0.25) is 10.0 Å². The van der Waals surface area contributed by atoms with Crippen LogP contribution in [-0.4, -0.2) is 52.2 Å². The van der Waals surface area contributed by atoms with Crippen molar-refractivity contribution in [1.82, 2.24) is 4.31 Å². The van der Waals surface area contributed by atoms with Crippen molar-refractivity contribution in [3.8, 4) is 0 Å². The van der Waals surface area contributed by atoms with E-state index in [2.05, 4.69) is 0 Å². The van der Waals surface area contributed by atoms with Gasteiger partial charge in [0.15, 0.2) is 0 Å². The third kappa shape index (κ3) is 3.62. The molecule has 2 rings (SSSR count). The van der Waals surface area contributed by atoms with Crippen LogP contribution in [0.4, 0.5) is 8.78 Å². The quantitative estimate of drug-likeness (QED) is 0.791. The minimum absolute atomic E-state index is 0.156. The van der Waals surface area contributed by atoms with Crippen LogP contribution in [0, 0.1) is 11.6 Å². The van der Waals surface area contributed by atoms with Crippen molar-refractivity contribution < 1.29 is 26.7 Å². The lowest BCUT2D eigenvalue weighted by molar-refractivity contribution is 0.110. The highest BCUT2D eigenvalue weighted by molar-refractivity contribution is 7.88. The third-order valence-corrected chi connectivity index (χ3v) is 5.58. The summed E-state index contributed by atoms with van der Waals surface area (Å²) in [5, 5.41) is 0. The molecule has 1 aromatic rings. The van der Waals surface area contributed by atoms with Crippen LogP contribution in [0.25, 0.3) is 0 Å². The predicted octanol–water partition coefficient (Wildman–Crippen LogP) is 1.53. The first-order chi connectivity index (χ1) is 10.4. The molecule has 0 radical (unpaired) electrons. The molecule has 5 nitrogen and oxygen atoms in total. The Morgan fingerprint density at radius 3 is 2.45 bits per heavy atom. The molecule has 0 saturated carbocycles. The van der Waals surface area contributed by atoms with E-state index in [9.17, 15) is 17.2 Å². The van der Waals surface area contributed by atoms with Crippen LogP contribution in [0.1, 0.15) is 12.0 Å². The van der Waals surface area contributed by atoms with Gasteiger partial charge in [-0.3, -0.25) is 0 Å². The molecule has 2 atom stereocenters. The number of hydrogen-bond acceptors (Lipinski definition) is 4. The zero-order chi connectivity index (χ0) is 16.3. The fraction of sp³-hybridized carbons (Fsp3) is 0.571. The van der Waals surface area contributed by atoms with Gasteiger partial charge in [0.1, 0.15) is 11.6 Å². The molecule has 0 spiro atoms. The third-order valence-electron chi connectivity index (χ3n) is 3.76. The van der Waals surface area contributed by atoms with Crippen molar-refractivity contribution in [2.75, 3.05) is 27.4 Å². The van der Waals surface area contributed by atoms with Crippen LogP contribution in [-0.2, 0) is 25.2 Å². The molecule has 1 saturated heterocycles. The molecule has 1 aliphatic heterocycles. The molecular formula is C14H19F2NO4S. The summed E-state index contributed by atoms with van der Waals surface area (Å²) in [5.74, 6) is -2.45. The molecule has 0 aliphatic carbocycles. The van der Waals surface area contributed by atoms with E-state index in [1.165, 1.54) is 24.6 Å². The van der Waals surface area contributed by atoms with Gasteiger partial charge in [-0.15, -0.1) is 0 Å². The van der Waals surface area contributed by atoms with E-state index in [4.69, 9.17) is 9.47 Å². The number of rotatable bonds is 6. The predicted molar refractivity (Wildman–Crippen MR) is 76.8 cm³/mol. The normalized spacial score (nSPS) is 23.1. The van der Waals surface area contributed by atoms with E-state index < -0.39 is 39.0 Å². The number of nitrogens with zero attached hydrogens (tertiary/aromatic N) is 1. The van der Waals surface area contributed by atoms with Crippen molar-refractivity contribution in [1.29, 1.82) is 0 Å². The second-order valence-corrected chi connectivity index (χ2v) is 7.15. The Kier molecular flexibility index (Phi) is 5.49. The Bertz CT molecular complexity index is 603. The minimum Gasteiger partial charge on any atom is -0.383 e. The maximum absolute atomic E-state index is 13.7. The molecule has 8 heteroatoms. The van der Waals surface area contributed by atoms with E-state index in [0.717, 1.165) is 12.1 Å². The number of methoxy groups -OCH3 is 2. The van der Waals surface area contributed by atoms with E-state index in [-0.39, 0.29) is 19.3 Å². The topological polar surface area (TPSA) is 55.8 Å². The zero-order valence-corrected chi connectivity index (χ0v) is 13.3. The van der Waals surface area contributed by atoms with E-state index >= 15 is 0 Å². The molecule has 0 N–H and O–H groups in total. The van der Waals surface area contributed by atoms with Gasteiger partial charge in [0, 0.05) is 26.3 Å². The highest BCUT2D eigenvalue weighted by Gasteiger charge is 2.40. The Morgan fingerprint density at radius 2 is 1.91 bits per heavy atom. The molecule has 22 heavy (non-hydrogen) atoms. The van der Waals surface area contributed by atoms with Gasteiger partial charge >= 0.3 is 0 Å². The number of ether oxygens (including phenoxy) is 2. The zero-order valence-electron chi connectivity index (χ0n) is 12.5. The van der Waals surface area contributed by atoms with Gasteiger partial charge in [-0.2, -0.15) is 4.31 Å². The average Bonchev–Trinajstić information content (AvgIpc) is 2.88. The summed E-state index contributed by atoms with van der Waals surface area (Å²) in [6.45, 7) is 0.363. The summed E-state index contributed by atoms with van der Waals surface area (Å²) in [5.41, 5.74) is -0.445. The fourth-order valence-corrected chi connectivity index (χ4v) is 4.44. The summed E-state index contributed by atoms with van der Waals surface area (Å²) in [6.07, 6.45) is 0.240. The van der Waals surface area contributed by atoms with Gasteiger partial charge in [0.05, 0.1) is 24.5 Å². The molecular weight excluding hydrogens is 316 g/mol. The van der Waals surface area contributed by atoms with Gasteiger partial charge in [0.25, 0.3) is 0 Å². The number of benzene rings is 1. The molecule has 0 bridgehead atoms. The molecule has 0 amide bonds. The van der Waals surface area contributed by atoms with E-state index in [1.54, 1.807) is 0 Å². The standard InChI is InChI=1S/C14H19F2NO4S/c1-20-8-10-6-11(21-2)7-17(10)22(18,19)9-12-13(15)4-3-5-14(12)16/h3-5,10-11H,6-9H2,1-2H3/t10-,11+/m0/s1. The molecule has 124 valence electrons. The summed E-state index contributed by atoms with van der Waals surface area (Å²) in [6, 6.07) is 2.89. The molecule has 0 unspecified atom stereocenters. The minimum atomic E-state index is -3.88. The second-order valence-electron chi connectivity index (χ2n) is 5.23. The van der Waals surface area contributed by atoms with Crippen molar-refractivity contribution in [2.24, 2.45) is 0 Å². The van der Waals surface area contributed by atoms with Gasteiger partial charge < -0.3 is 9.47 Å². The van der Waals surface area contributed by atoms with Crippen molar-refractivity contribution in [3.63, 3.8) is 0 Å². The number of sulfonamides is 1. The van der Waals surface area contributed by atoms with Gasteiger partial charge in [-0.25, -0.2) is 17.2 Å². The van der Waals surface area contributed by atoms with Crippen LogP contribution in [0.3, 0.4) is 0 Å². The molecule has 1 aliphatic rings. The summed E-state index contributed by atoms with van der Waals surface area (Å²) in [7, 11) is -0.904. The summed E-state index contributed by atoms with van der Waals surface area (Å²) >= 11 is 0. The fourth-order valence-electron chi connectivity index (χ4n) is 2.64. The van der Waals surface area contributed by atoms with Crippen molar-refractivity contribution in [3.05, 3.63) is 35.4 Å². The monoisotopic (exact) mass is 335 g/mol. The SMILES string of the molecule is COC[C@@H]1C[C@@H](OC)CN1S(=O)(=O)Cc1c(F)cccc1F. The van der Waals surface area contributed by atoms with Gasteiger partial charge in [-0.05, 0) is 18.6 Å². The largest absolute Gasteiger partial charge is 0.383 e. The number of hydrogen-bond donors (Lipinski definition) is 0. The smallest absolute Gasteiger partial charge is 0.218 e. The Labute approximate surface area is 128 Å². The highest BCUT2D eigenvalue weighted by atomic mass is 32.2. The first-order valence-corrected chi connectivity index (χ1v) is 8.44. The lowest BCUT2D eigenvalue weighted by atomic mass is 10.2. The first-order valence-electron chi connectivity index (χ1n) is 6.83. The van der Waals surface area contributed by atoms with Crippen molar-refractivity contribution in [2.45, 2.75) is 24.3 Å². The average molecular weight is 335 g/mol. The van der Waals surface area contributed by atoms with Gasteiger partial charge in [-0.1, -0.05) is 6.07 Å².